The maximum atomic E-state index is 12.6. The Morgan fingerprint density at radius 2 is 1.93 bits per heavy atom. The minimum atomic E-state index is -0.177. The molecule has 0 nitrogen and oxygen atoms in total. The van der Waals surface area contributed by atoms with Crippen LogP contribution in [0, 0.1) is 11.7 Å². The molecule has 0 heterocycles. The van der Waals surface area contributed by atoms with Crippen LogP contribution in [0.5, 0.6) is 0 Å². The highest BCUT2D eigenvalue weighted by molar-refractivity contribution is 6.21. The van der Waals surface area contributed by atoms with E-state index in [0.717, 1.165) is 12.0 Å². The molecule has 0 radical (unpaired) electrons. The quantitative estimate of drug-likeness (QED) is 0.669. The van der Waals surface area contributed by atoms with Crippen LogP contribution in [-0.2, 0) is 6.42 Å². The van der Waals surface area contributed by atoms with Crippen molar-refractivity contribution in [3.05, 3.63) is 35.6 Å². The Balaban J connectivity index is 1.92. The molecule has 0 amide bonds. The third kappa shape index (κ3) is 2.27. The molecular formula is C12H14ClF. The second kappa shape index (κ2) is 4.31. The molecule has 1 atom stereocenters. The lowest BCUT2D eigenvalue weighted by molar-refractivity contribution is 0.302. The summed E-state index contributed by atoms with van der Waals surface area (Å²) in [6.07, 6.45) is 4.70. The molecule has 1 aromatic rings. The molecule has 0 spiro atoms. The number of hydrogen-bond acceptors (Lipinski definition) is 0. The van der Waals surface area contributed by atoms with Crippen molar-refractivity contribution in [3.8, 4) is 0 Å². The fourth-order valence-electron chi connectivity index (χ4n) is 1.81. The van der Waals surface area contributed by atoms with Gasteiger partial charge in [-0.15, -0.1) is 11.6 Å². The summed E-state index contributed by atoms with van der Waals surface area (Å²) in [4.78, 5) is 0. The van der Waals surface area contributed by atoms with Crippen LogP contribution in [0.15, 0.2) is 24.3 Å². The normalized spacial score (nSPS) is 19.0. The van der Waals surface area contributed by atoms with Crippen molar-refractivity contribution in [2.24, 2.45) is 5.92 Å². The fourth-order valence-corrected chi connectivity index (χ4v) is 2.24. The molecule has 0 aromatic heterocycles. The second-order valence-corrected chi connectivity index (χ2v) is 4.60. The van der Waals surface area contributed by atoms with Gasteiger partial charge in [0.05, 0.1) is 0 Å². The lowest BCUT2D eigenvalue weighted by atomic mass is 9.81. The average molecular weight is 213 g/mol. The van der Waals surface area contributed by atoms with Crippen molar-refractivity contribution >= 4 is 11.6 Å². The second-order valence-electron chi connectivity index (χ2n) is 4.04. The first kappa shape index (κ1) is 9.97. The van der Waals surface area contributed by atoms with E-state index in [-0.39, 0.29) is 11.2 Å². The predicted molar refractivity (Wildman–Crippen MR) is 57.1 cm³/mol. The number of halogens is 2. The molecule has 1 aliphatic rings. The summed E-state index contributed by atoms with van der Waals surface area (Å²) in [6.45, 7) is 0. The van der Waals surface area contributed by atoms with Crippen molar-refractivity contribution in [1.29, 1.82) is 0 Å². The van der Waals surface area contributed by atoms with Gasteiger partial charge in [0.1, 0.15) is 5.82 Å². The van der Waals surface area contributed by atoms with Crippen LogP contribution in [0.1, 0.15) is 24.8 Å². The van der Waals surface area contributed by atoms with Crippen molar-refractivity contribution in [2.45, 2.75) is 31.1 Å². The van der Waals surface area contributed by atoms with Gasteiger partial charge in [0, 0.05) is 5.38 Å². The van der Waals surface area contributed by atoms with Gasteiger partial charge < -0.3 is 0 Å². The summed E-state index contributed by atoms with van der Waals surface area (Å²) in [5, 5.41) is 0.231. The average Bonchev–Trinajstić information content (AvgIpc) is 2.06. The summed E-state index contributed by atoms with van der Waals surface area (Å²) in [7, 11) is 0. The van der Waals surface area contributed by atoms with Gasteiger partial charge in [0.15, 0.2) is 0 Å². The minimum absolute atomic E-state index is 0.177. The first-order chi connectivity index (χ1) is 6.75. The number of hydrogen-bond donors (Lipinski definition) is 0. The number of benzene rings is 1. The Kier molecular flexibility index (Phi) is 3.07. The molecule has 0 aliphatic heterocycles. The molecule has 1 fully saturated rings. The molecule has 14 heavy (non-hydrogen) atoms. The van der Waals surface area contributed by atoms with E-state index < -0.39 is 0 Å². The van der Waals surface area contributed by atoms with E-state index in [1.807, 2.05) is 12.1 Å². The fraction of sp³-hybridized carbons (Fsp3) is 0.500. The first-order valence-electron chi connectivity index (χ1n) is 5.14. The van der Waals surface area contributed by atoms with Gasteiger partial charge in [-0.1, -0.05) is 18.6 Å². The standard InChI is InChI=1S/C12H14ClF/c13-12(10-2-1-3-10)8-9-4-6-11(14)7-5-9/h4-7,10,12H,1-3,8H2. The van der Waals surface area contributed by atoms with Gasteiger partial charge in [-0.3, -0.25) is 0 Å². The zero-order chi connectivity index (χ0) is 9.97. The molecule has 1 saturated carbocycles. The van der Waals surface area contributed by atoms with Gasteiger partial charge in [-0.2, -0.15) is 0 Å². The van der Waals surface area contributed by atoms with Crippen LogP contribution in [0.3, 0.4) is 0 Å². The van der Waals surface area contributed by atoms with Crippen LogP contribution in [0.25, 0.3) is 0 Å². The summed E-state index contributed by atoms with van der Waals surface area (Å²) >= 11 is 6.26. The van der Waals surface area contributed by atoms with E-state index in [4.69, 9.17) is 11.6 Å². The van der Waals surface area contributed by atoms with E-state index in [2.05, 4.69) is 0 Å². The highest BCUT2D eigenvalue weighted by atomic mass is 35.5. The number of alkyl halides is 1. The highest BCUT2D eigenvalue weighted by Gasteiger charge is 2.25. The lowest BCUT2D eigenvalue weighted by Crippen LogP contribution is -2.24. The monoisotopic (exact) mass is 212 g/mol. The maximum absolute atomic E-state index is 12.6. The Bertz CT molecular complexity index is 290. The Hall–Kier alpha value is -0.560. The highest BCUT2D eigenvalue weighted by Crippen LogP contribution is 2.33. The summed E-state index contributed by atoms with van der Waals surface area (Å²) in [5.41, 5.74) is 1.14. The van der Waals surface area contributed by atoms with Gasteiger partial charge in [0.2, 0.25) is 0 Å². The van der Waals surface area contributed by atoms with E-state index in [0.29, 0.717) is 5.92 Å². The number of rotatable bonds is 3. The summed E-state index contributed by atoms with van der Waals surface area (Å²) in [6, 6.07) is 6.65. The van der Waals surface area contributed by atoms with E-state index in [1.165, 1.54) is 31.4 Å². The molecular weight excluding hydrogens is 199 g/mol. The van der Waals surface area contributed by atoms with E-state index in [9.17, 15) is 4.39 Å². The smallest absolute Gasteiger partial charge is 0.123 e. The topological polar surface area (TPSA) is 0 Å². The SMILES string of the molecule is Fc1ccc(CC(Cl)C2CCC2)cc1. The van der Waals surface area contributed by atoms with Crippen molar-refractivity contribution in [3.63, 3.8) is 0 Å². The largest absolute Gasteiger partial charge is 0.207 e. The van der Waals surface area contributed by atoms with E-state index in [1.54, 1.807) is 0 Å². The maximum Gasteiger partial charge on any atom is 0.123 e. The zero-order valence-electron chi connectivity index (χ0n) is 8.05. The van der Waals surface area contributed by atoms with Gasteiger partial charge in [-0.05, 0) is 42.9 Å². The lowest BCUT2D eigenvalue weighted by Gasteiger charge is -2.29. The molecule has 2 heteroatoms. The van der Waals surface area contributed by atoms with Crippen LogP contribution in [0.4, 0.5) is 4.39 Å². The summed E-state index contributed by atoms with van der Waals surface area (Å²) < 4.78 is 12.6. The molecule has 0 saturated heterocycles. The zero-order valence-corrected chi connectivity index (χ0v) is 8.80. The minimum Gasteiger partial charge on any atom is -0.207 e. The van der Waals surface area contributed by atoms with Crippen LogP contribution in [0.2, 0.25) is 0 Å². The molecule has 76 valence electrons. The first-order valence-corrected chi connectivity index (χ1v) is 5.58. The van der Waals surface area contributed by atoms with Crippen molar-refractivity contribution < 1.29 is 4.39 Å². The Morgan fingerprint density at radius 1 is 1.29 bits per heavy atom. The van der Waals surface area contributed by atoms with Crippen molar-refractivity contribution in [1.82, 2.24) is 0 Å². The molecule has 1 aromatic carbocycles. The predicted octanol–water partition coefficient (Wildman–Crippen LogP) is 3.78. The molecule has 0 N–H and O–H groups in total. The molecule has 1 unspecified atom stereocenters. The summed E-state index contributed by atoms with van der Waals surface area (Å²) in [5.74, 6) is 0.505. The molecule has 0 bridgehead atoms. The van der Waals surface area contributed by atoms with E-state index >= 15 is 0 Å². The third-order valence-corrected chi connectivity index (χ3v) is 3.52. The Labute approximate surface area is 89.1 Å². The van der Waals surface area contributed by atoms with Gasteiger partial charge >= 0.3 is 0 Å². The molecule has 2 rings (SSSR count). The Morgan fingerprint density at radius 3 is 2.43 bits per heavy atom. The van der Waals surface area contributed by atoms with Crippen molar-refractivity contribution in [2.75, 3.05) is 0 Å². The van der Waals surface area contributed by atoms with Crippen LogP contribution < -0.4 is 0 Å². The third-order valence-electron chi connectivity index (χ3n) is 3.01. The molecule has 1 aliphatic carbocycles. The van der Waals surface area contributed by atoms with Gasteiger partial charge in [-0.25, -0.2) is 4.39 Å². The van der Waals surface area contributed by atoms with Crippen LogP contribution >= 0.6 is 11.6 Å². The van der Waals surface area contributed by atoms with Crippen LogP contribution in [-0.4, -0.2) is 5.38 Å². The van der Waals surface area contributed by atoms with Gasteiger partial charge in [0.25, 0.3) is 0 Å².